The van der Waals surface area contributed by atoms with Gasteiger partial charge < -0.3 is 15.7 Å². The zero-order valence-electron chi connectivity index (χ0n) is 10.5. The first-order valence-corrected chi connectivity index (χ1v) is 6.15. The zero-order chi connectivity index (χ0) is 15.4. The highest BCUT2D eigenvalue weighted by Gasteiger charge is 2.14. The summed E-state index contributed by atoms with van der Waals surface area (Å²) in [5, 5.41) is 25.1. The molecule has 0 fully saturated rings. The number of benzene rings is 2. The maximum absolute atomic E-state index is 11.8. The van der Waals surface area contributed by atoms with Crippen LogP contribution < -0.4 is 10.6 Å². The molecule has 0 radical (unpaired) electrons. The van der Waals surface area contributed by atoms with E-state index in [4.69, 9.17) is 11.6 Å². The topological polar surface area (TPSA) is 104 Å². The number of para-hydroxylation sites is 2. The lowest BCUT2D eigenvalue weighted by molar-refractivity contribution is -0.384. The van der Waals surface area contributed by atoms with Gasteiger partial charge in [-0.05, 0) is 24.3 Å². The van der Waals surface area contributed by atoms with Crippen LogP contribution in [0.3, 0.4) is 0 Å². The summed E-state index contributed by atoms with van der Waals surface area (Å²) in [5.41, 5.74) is 0.120. The van der Waals surface area contributed by atoms with Crippen LogP contribution in [0.25, 0.3) is 0 Å². The molecule has 108 valence electrons. The Balaban J connectivity index is 2.12. The second kappa shape index (κ2) is 6.10. The van der Waals surface area contributed by atoms with Crippen LogP contribution in [0.2, 0.25) is 5.02 Å². The zero-order valence-corrected chi connectivity index (χ0v) is 11.3. The predicted molar refractivity (Wildman–Crippen MR) is 78.9 cm³/mol. The number of halogens is 1. The van der Waals surface area contributed by atoms with Gasteiger partial charge in [0, 0.05) is 11.8 Å². The molecular weight excluding hydrogens is 298 g/mol. The summed E-state index contributed by atoms with van der Waals surface area (Å²) in [4.78, 5) is 21.9. The van der Waals surface area contributed by atoms with Gasteiger partial charge in [-0.2, -0.15) is 0 Å². The molecule has 0 aliphatic carbocycles. The molecule has 0 aromatic heterocycles. The quantitative estimate of drug-likeness (QED) is 0.457. The number of carbonyl (C=O) groups is 1. The first kappa shape index (κ1) is 14.6. The number of phenolic OH excluding ortho intramolecular Hbond substituents is 1. The molecule has 2 aromatic carbocycles. The molecule has 0 aliphatic heterocycles. The SMILES string of the molecule is O=C(Nc1ccc(Cl)c([N+](=O)[O-])c1)Nc1ccccc1O. The molecule has 0 saturated carbocycles. The molecular formula is C13H10ClN3O4. The average Bonchev–Trinajstić information content (AvgIpc) is 2.43. The summed E-state index contributed by atoms with van der Waals surface area (Å²) >= 11 is 5.68. The van der Waals surface area contributed by atoms with Gasteiger partial charge >= 0.3 is 6.03 Å². The Bertz CT molecular complexity index is 706. The number of nitrogens with one attached hydrogen (secondary N) is 2. The summed E-state index contributed by atoms with van der Waals surface area (Å²) in [5.74, 6) is -0.0882. The molecule has 0 saturated heterocycles. The first-order valence-electron chi connectivity index (χ1n) is 5.77. The average molecular weight is 308 g/mol. The van der Waals surface area contributed by atoms with E-state index >= 15 is 0 Å². The third kappa shape index (κ3) is 3.61. The van der Waals surface area contributed by atoms with Gasteiger partial charge in [0.2, 0.25) is 0 Å². The number of nitro groups is 1. The van der Waals surface area contributed by atoms with Crippen molar-refractivity contribution in [2.75, 3.05) is 10.6 Å². The van der Waals surface area contributed by atoms with E-state index in [9.17, 15) is 20.0 Å². The maximum atomic E-state index is 11.8. The lowest BCUT2D eigenvalue weighted by Gasteiger charge is -2.09. The van der Waals surface area contributed by atoms with Crippen molar-refractivity contribution < 1.29 is 14.8 Å². The van der Waals surface area contributed by atoms with E-state index in [1.54, 1.807) is 12.1 Å². The molecule has 0 unspecified atom stereocenters. The van der Waals surface area contributed by atoms with Crippen molar-refractivity contribution in [2.45, 2.75) is 0 Å². The van der Waals surface area contributed by atoms with Gasteiger partial charge in [-0.1, -0.05) is 23.7 Å². The fourth-order valence-corrected chi connectivity index (χ4v) is 1.78. The summed E-state index contributed by atoms with van der Waals surface area (Å²) in [6.07, 6.45) is 0. The molecule has 0 heterocycles. The third-order valence-electron chi connectivity index (χ3n) is 2.55. The Morgan fingerprint density at radius 2 is 1.90 bits per heavy atom. The van der Waals surface area contributed by atoms with Crippen LogP contribution in [0.15, 0.2) is 42.5 Å². The molecule has 3 N–H and O–H groups in total. The fourth-order valence-electron chi connectivity index (χ4n) is 1.59. The number of carbonyl (C=O) groups excluding carboxylic acids is 1. The number of urea groups is 1. The number of amides is 2. The molecule has 2 amide bonds. The first-order chi connectivity index (χ1) is 9.97. The van der Waals surface area contributed by atoms with Crippen molar-refractivity contribution in [1.82, 2.24) is 0 Å². The monoisotopic (exact) mass is 307 g/mol. The minimum atomic E-state index is -0.645. The van der Waals surface area contributed by atoms with E-state index < -0.39 is 11.0 Å². The van der Waals surface area contributed by atoms with Crippen LogP contribution in [0.5, 0.6) is 5.75 Å². The molecule has 7 nitrogen and oxygen atoms in total. The lowest BCUT2D eigenvalue weighted by atomic mass is 10.3. The summed E-state index contributed by atoms with van der Waals surface area (Å²) < 4.78 is 0. The number of nitro benzene ring substituents is 1. The molecule has 2 aromatic rings. The molecule has 0 aliphatic rings. The summed E-state index contributed by atoms with van der Waals surface area (Å²) in [6.45, 7) is 0. The highest BCUT2D eigenvalue weighted by atomic mass is 35.5. The van der Waals surface area contributed by atoms with Crippen molar-refractivity contribution >= 4 is 34.7 Å². The van der Waals surface area contributed by atoms with Gasteiger partial charge in [0.15, 0.2) is 0 Å². The standard InChI is InChI=1S/C13H10ClN3O4/c14-9-6-5-8(7-11(9)17(20)21)15-13(19)16-10-3-1-2-4-12(10)18/h1-7,18H,(H2,15,16,19). The third-order valence-corrected chi connectivity index (χ3v) is 2.87. The number of hydrogen-bond donors (Lipinski definition) is 3. The smallest absolute Gasteiger partial charge is 0.323 e. The number of rotatable bonds is 3. The molecule has 0 bridgehead atoms. The van der Waals surface area contributed by atoms with Gasteiger partial charge in [0.05, 0.1) is 10.6 Å². The van der Waals surface area contributed by atoms with E-state index in [1.165, 1.54) is 24.3 Å². The maximum Gasteiger partial charge on any atom is 0.323 e. The second-order valence-electron chi connectivity index (χ2n) is 4.02. The van der Waals surface area contributed by atoms with Crippen molar-refractivity contribution in [3.05, 3.63) is 57.6 Å². The Labute approximate surface area is 124 Å². The van der Waals surface area contributed by atoms with E-state index in [1.807, 2.05) is 0 Å². The molecule has 8 heteroatoms. The molecule has 0 atom stereocenters. The van der Waals surface area contributed by atoms with Crippen molar-refractivity contribution in [1.29, 1.82) is 0 Å². The normalized spacial score (nSPS) is 9.95. The number of phenols is 1. The largest absolute Gasteiger partial charge is 0.506 e. The van der Waals surface area contributed by atoms with Crippen LogP contribution in [0.4, 0.5) is 21.9 Å². The molecule has 21 heavy (non-hydrogen) atoms. The van der Waals surface area contributed by atoms with Crippen LogP contribution >= 0.6 is 11.6 Å². The number of anilines is 2. The van der Waals surface area contributed by atoms with E-state index in [2.05, 4.69) is 10.6 Å². The van der Waals surface area contributed by atoms with E-state index in [0.29, 0.717) is 0 Å². The minimum Gasteiger partial charge on any atom is -0.506 e. The Morgan fingerprint density at radius 3 is 2.57 bits per heavy atom. The van der Waals surface area contributed by atoms with Gasteiger partial charge in [-0.15, -0.1) is 0 Å². The summed E-state index contributed by atoms with van der Waals surface area (Å²) in [7, 11) is 0. The van der Waals surface area contributed by atoms with Gasteiger partial charge in [0.25, 0.3) is 5.69 Å². The van der Waals surface area contributed by atoms with Crippen LogP contribution in [0.1, 0.15) is 0 Å². The highest BCUT2D eigenvalue weighted by Crippen LogP contribution is 2.27. The van der Waals surface area contributed by atoms with Gasteiger partial charge in [-0.3, -0.25) is 10.1 Å². The number of aromatic hydroxyl groups is 1. The van der Waals surface area contributed by atoms with Gasteiger partial charge in [-0.25, -0.2) is 4.79 Å². The fraction of sp³-hybridized carbons (Fsp3) is 0. The van der Waals surface area contributed by atoms with E-state index in [-0.39, 0.29) is 27.8 Å². The lowest BCUT2D eigenvalue weighted by Crippen LogP contribution is -2.19. The van der Waals surface area contributed by atoms with Crippen molar-refractivity contribution in [3.8, 4) is 5.75 Å². The Hall–Kier alpha value is -2.80. The number of nitrogens with zero attached hydrogens (tertiary/aromatic N) is 1. The van der Waals surface area contributed by atoms with E-state index in [0.717, 1.165) is 6.07 Å². The van der Waals surface area contributed by atoms with Crippen molar-refractivity contribution in [3.63, 3.8) is 0 Å². The van der Waals surface area contributed by atoms with Crippen molar-refractivity contribution in [2.24, 2.45) is 0 Å². The van der Waals surface area contributed by atoms with Crippen LogP contribution in [-0.4, -0.2) is 16.1 Å². The molecule has 2 rings (SSSR count). The molecule has 0 spiro atoms. The predicted octanol–water partition coefficient (Wildman–Crippen LogP) is 3.60. The Kier molecular flexibility index (Phi) is 4.24. The second-order valence-corrected chi connectivity index (χ2v) is 4.43. The van der Waals surface area contributed by atoms with Crippen LogP contribution in [-0.2, 0) is 0 Å². The van der Waals surface area contributed by atoms with Crippen LogP contribution in [0, 0.1) is 10.1 Å². The minimum absolute atomic E-state index is 0.0216. The van der Waals surface area contributed by atoms with Gasteiger partial charge in [0.1, 0.15) is 10.8 Å². The highest BCUT2D eigenvalue weighted by molar-refractivity contribution is 6.32. The Morgan fingerprint density at radius 1 is 1.19 bits per heavy atom. The number of hydrogen-bond acceptors (Lipinski definition) is 4. The summed E-state index contributed by atoms with van der Waals surface area (Å²) in [6, 6.07) is 9.43.